The molecule has 1 aromatic rings. The van der Waals surface area contributed by atoms with Crippen LogP contribution in [0.1, 0.15) is 5.56 Å². The molecule has 0 amide bonds. The summed E-state index contributed by atoms with van der Waals surface area (Å²) in [5, 5.41) is 3.31. The van der Waals surface area contributed by atoms with Crippen LogP contribution in [0.2, 0.25) is 0 Å². The van der Waals surface area contributed by atoms with E-state index in [0.29, 0.717) is 0 Å². The van der Waals surface area contributed by atoms with Crippen molar-refractivity contribution in [1.82, 2.24) is 5.48 Å². The van der Waals surface area contributed by atoms with E-state index in [9.17, 15) is 0 Å². The van der Waals surface area contributed by atoms with E-state index in [1.807, 2.05) is 18.2 Å². The predicted molar refractivity (Wildman–Crippen MR) is 68.5 cm³/mol. The highest BCUT2D eigenvalue weighted by Gasteiger charge is 2.15. The molecular weight excluding hydrogens is 324 g/mol. The molecule has 0 aliphatic carbocycles. The summed E-state index contributed by atoms with van der Waals surface area (Å²) >= 11 is 6.99. The van der Waals surface area contributed by atoms with Crippen LogP contribution >= 0.6 is 31.9 Å². The average molecular weight is 334 g/mol. The zero-order valence-electron chi connectivity index (χ0n) is 8.10. The van der Waals surface area contributed by atoms with Crippen LogP contribution < -0.4 is 10.8 Å². The summed E-state index contributed by atoms with van der Waals surface area (Å²) in [6, 6.07) is 4.06. The lowest BCUT2D eigenvalue weighted by molar-refractivity contribution is 0.136. The highest BCUT2D eigenvalue weighted by atomic mass is 79.9. The second-order valence-corrected chi connectivity index (χ2v) is 4.89. The number of hydrogen-bond donors (Lipinski definition) is 2. The van der Waals surface area contributed by atoms with Crippen molar-refractivity contribution in [2.75, 3.05) is 19.0 Å². The Morgan fingerprint density at radius 1 is 1.40 bits per heavy atom. The van der Waals surface area contributed by atoms with Crippen LogP contribution in [0.25, 0.3) is 5.70 Å². The van der Waals surface area contributed by atoms with Gasteiger partial charge in [0, 0.05) is 21.1 Å². The Morgan fingerprint density at radius 3 is 2.93 bits per heavy atom. The fraction of sp³-hybridized carbons (Fsp3) is 0.200. The van der Waals surface area contributed by atoms with Gasteiger partial charge in [0.15, 0.2) is 0 Å². The van der Waals surface area contributed by atoms with Gasteiger partial charge in [0.05, 0.1) is 18.5 Å². The van der Waals surface area contributed by atoms with Crippen LogP contribution in [-0.2, 0) is 4.84 Å². The summed E-state index contributed by atoms with van der Waals surface area (Å²) in [5.41, 5.74) is 6.03. The molecular formula is C10H10Br2N2O. The fourth-order valence-electron chi connectivity index (χ4n) is 1.54. The fourth-order valence-corrected chi connectivity index (χ4v) is 2.90. The molecule has 0 spiro atoms. The van der Waals surface area contributed by atoms with Gasteiger partial charge in [-0.25, -0.2) is 0 Å². The number of halogens is 2. The lowest BCUT2D eigenvalue weighted by Gasteiger charge is -2.21. The van der Waals surface area contributed by atoms with Crippen LogP contribution in [0.15, 0.2) is 27.2 Å². The lowest BCUT2D eigenvalue weighted by Crippen LogP contribution is -2.18. The highest BCUT2D eigenvalue weighted by Crippen LogP contribution is 2.35. The topological polar surface area (TPSA) is 33.3 Å². The highest BCUT2D eigenvalue weighted by molar-refractivity contribution is 9.11. The Hall–Kier alpha value is -0.520. The van der Waals surface area contributed by atoms with Gasteiger partial charge in [-0.05, 0) is 34.1 Å². The summed E-state index contributed by atoms with van der Waals surface area (Å²) in [5.74, 6) is 0. The molecule has 1 aliphatic rings. The van der Waals surface area contributed by atoms with E-state index < -0.39 is 0 Å². The second-order valence-electron chi connectivity index (χ2n) is 3.12. The third kappa shape index (κ3) is 2.19. The minimum Gasteiger partial charge on any atom is -0.380 e. The number of fused-ring (bicyclic) bond motifs is 1. The van der Waals surface area contributed by atoms with Crippen LogP contribution in [-0.4, -0.2) is 13.7 Å². The maximum Gasteiger partial charge on any atom is 0.0676 e. The van der Waals surface area contributed by atoms with Crippen molar-refractivity contribution in [1.29, 1.82) is 0 Å². The molecule has 15 heavy (non-hydrogen) atoms. The van der Waals surface area contributed by atoms with Gasteiger partial charge in [-0.1, -0.05) is 15.9 Å². The maximum atomic E-state index is 4.94. The SMILES string of the molecule is CONC1=CCNc2c(Br)cc(Br)cc21. The smallest absolute Gasteiger partial charge is 0.0676 e. The van der Waals surface area contributed by atoms with Crippen molar-refractivity contribution in [3.8, 4) is 0 Å². The van der Waals surface area contributed by atoms with Crippen molar-refractivity contribution in [3.63, 3.8) is 0 Å². The van der Waals surface area contributed by atoms with Crippen molar-refractivity contribution in [3.05, 3.63) is 32.7 Å². The van der Waals surface area contributed by atoms with Crippen LogP contribution in [0, 0.1) is 0 Å². The predicted octanol–water partition coefficient (Wildman–Crippen LogP) is 3.13. The van der Waals surface area contributed by atoms with Crippen LogP contribution in [0.3, 0.4) is 0 Å². The Labute approximate surface area is 105 Å². The molecule has 0 fully saturated rings. The first-order valence-electron chi connectivity index (χ1n) is 4.45. The van der Waals surface area contributed by atoms with E-state index >= 15 is 0 Å². The van der Waals surface area contributed by atoms with Gasteiger partial charge in [0.1, 0.15) is 0 Å². The van der Waals surface area contributed by atoms with Crippen molar-refractivity contribution < 1.29 is 4.84 Å². The molecule has 0 radical (unpaired) electrons. The van der Waals surface area contributed by atoms with Gasteiger partial charge in [-0.2, -0.15) is 0 Å². The molecule has 1 heterocycles. The first kappa shape index (κ1) is 11.0. The maximum absolute atomic E-state index is 4.94. The Balaban J connectivity index is 2.49. The Bertz CT molecular complexity index is 418. The number of anilines is 1. The average Bonchev–Trinajstić information content (AvgIpc) is 2.19. The zero-order chi connectivity index (χ0) is 10.8. The van der Waals surface area contributed by atoms with E-state index in [1.54, 1.807) is 7.11 Å². The third-order valence-corrected chi connectivity index (χ3v) is 3.23. The summed E-state index contributed by atoms with van der Waals surface area (Å²) in [6.07, 6.45) is 2.05. The van der Waals surface area contributed by atoms with Gasteiger partial charge in [-0.3, -0.25) is 10.3 Å². The summed E-state index contributed by atoms with van der Waals surface area (Å²) in [7, 11) is 1.61. The summed E-state index contributed by atoms with van der Waals surface area (Å²) in [6.45, 7) is 0.791. The largest absolute Gasteiger partial charge is 0.380 e. The van der Waals surface area contributed by atoms with Gasteiger partial charge in [0.25, 0.3) is 0 Å². The molecule has 0 unspecified atom stereocenters. The number of rotatable bonds is 2. The molecule has 1 aliphatic heterocycles. The molecule has 0 saturated carbocycles. The molecule has 80 valence electrons. The van der Waals surface area contributed by atoms with E-state index in [0.717, 1.165) is 32.4 Å². The van der Waals surface area contributed by atoms with Gasteiger partial charge in [0.2, 0.25) is 0 Å². The normalized spacial score (nSPS) is 13.9. The van der Waals surface area contributed by atoms with Gasteiger partial charge >= 0.3 is 0 Å². The zero-order valence-corrected chi connectivity index (χ0v) is 11.3. The number of hydroxylamine groups is 1. The van der Waals surface area contributed by atoms with Gasteiger partial charge < -0.3 is 5.32 Å². The monoisotopic (exact) mass is 332 g/mol. The first-order chi connectivity index (χ1) is 7.22. The summed E-state index contributed by atoms with van der Waals surface area (Å²) in [4.78, 5) is 4.94. The molecule has 1 aromatic carbocycles. The first-order valence-corrected chi connectivity index (χ1v) is 6.03. The molecule has 0 saturated heterocycles. The van der Waals surface area contributed by atoms with E-state index in [1.165, 1.54) is 0 Å². The van der Waals surface area contributed by atoms with Crippen molar-refractivity contribution in [2.45, 2.75) is 0 Å². The number of hydrogen-bond acceptors (Lipinski definition) is 3. The minimum absolute atomic E-state index is 0.791. The molecule has 0 aromatic heterocycles. The van der Waals surface area contributed by atoms with Crippen molar-refractivity contribution in [2.24, 2.45) is 0 Å². The van der Waals surface area contributed by atoms with Crippen molar-refractivity contribution >= 4 is 43.2 Å². The minimum atomic E-state index is 0.791. The Kier molecular flexibility index (Phi) is 3.33. The molecule has 0 bridgehead atoms. The van der Waals surface area contributed by atoms with Crippen LogP contribution in [0.4, 0.5) is 5.69 Å². The quantitative estimate of drug-likeness (QED) is 0.816. The summed E-state index contributed by atoms with van der Waals surface area (Å²) < 4.78 is 2.07. The van der Waals surface area contributed by atoms with Gasteiger partial charge in [-0.15, -0.1) is 0 Å². The molecule has 2 rings (SSSR count). The van der Waals surface area contributed by atoms with E-state index in [2.05, 4.69) is 42.7 Å². The molecule has 3 nitrogen and oxygen atoms in total. The molecule has 2 N–H and O–H groups in total. The van der Waals surface area contributed by atoms with Crippen LogP contribution in [0.5, 0.6) is 0 Å². The van der Waals surface area contributed by atoms with E-state index in [4.69, 9.17) is 4.84 Å². The van der Waals surface area contributed by atoms with E-state index in [-0.39, 0.29) is 0 Å². The molecule has 0 atom stereocenters. The number of nitrogens with one attached hydrogen (secondary N) is 2. The molecule has 5 heteroatoms. The Morgan fingerprint density at radius 2 is 2.20 bits per heavy atom. The second kappa shape index (κ2) is 4.55. The number of benzene rings is 1. The standard InChI is InChI=1S/C10H10Br2N2O/c1-15-14-9-2-3-13-10-7(9)4-6(11)5-8(10)12/h2,4-5,13-14H,3H2,1H3. The lowest BCUT2D eigenvalue weighted by atomic mass is 10.1. The third-order valence-electron chi connectivity index (χ3n) is 2.14.